The predicted octanol–water partition coefficient (Wildman–Crippen LogP) is 1.88. The normalized spacial score (nSPS) is 17.6. The minimum atomic E-state index is -0.102. The smallest absolute Gasteiger partial charge is 0.253 e. The van der Waals surface area contributed by atoms with E-state index in [0.717, 1.165) is 49.2 Å². The molecular formula is C19H29N3O2. The van der Waals surface area contributed by atoms with Gasteiger partial charge >= 0.3 is 0 Å². The Bertz CT molecular complexity index is 566. The summed E-state index contributed by atoms with van der Waals surface area (Å²) in [5, 5.41) is 6.15. The van der Waals surface area contributed by atoms with Crippen molar-refractivity contribution in [3.8, 4) is 0 Å². The summed E-state index contributed by atoms with van der Waals surface area (Å²) in [6.07, 6.45) is 1.73. The Hall–Kier alpha value is -1.88. The molecule has 1 aliphatic rings. The molecule has 1 atom stereocenters. The molecule has 0 spiro atoms. The Morgan fingerprint density at radius 2 is 1.88 bits per heavy atom. The van der Waals surface area contributed by atoms with Gasteiger partial charge in [-0.3, -0.25) is 9.59 Å². The monoisotopic (exact) mass is 331 g/mol. The van der Waals surface area contributed by atoms with E-state index in [0.29, 0.717) is 13.1 Å². The molecule has 24 heavy (non-hydrogen) atoms. The van der Waals surface area contributed by atoms with Crippen LogP contribution in [0, 0.1) is 19.8 Å². The van der Waals surface area contributed by atoms with Gasteiger partial charge in [0.25, 0.3) is 5.91 Å². The number of piperidine rings is 1. The van der Waals surface area contributed by atoms with Crippen molar-refractivity contribution in [3.05, 3.63) is 34.9 Å². The van der Waals surface area contributed by atoms with Crippen LogP contribution >= 0.6 is 0 Å². The largest absolute Gasteiger partial charge is 0.355 e. The number of hydrogen-bond acceptors (Lipinski definition) is 3. The highest BCUT2D eigenvalue weighted by atomic mass is 16.2. The molecule has 1 fully saturated rings. The third-order valence-electron chi connectivity index (χ3n) is 4.40. The molecule has 0 aliphatic carbocycles. The van der Waals surface area contributed by atoms with Gasteiger partial charge < -0.3 is 15.5 Å². The Morgan fingerprint density at radius 1 is 1.17 bits per heavy atom. The van der Waals surface area contributed by atoms with Crippen molar-refractivity contribution in [1.29, 1.82) is 0 Å². The summed E-state index contributed by atoms with van der Waals surface area (Å²) in [4.78, 5) is 26.9. The van der Waals surface area contributed by atoms with Crippen LogP contribution in [0.2, 0.25) is 0 Å². The van der Waals surface area contributed by atoms with Crippen LogP contribution in [0.1, 0.15) is 41.3 Å². The van der Waals surface area contributed by atoms with E-state index in [4.69, 9.17) is 0 Å². The molecule has 1 unspecified atom stereocenters. The number of carbonyl (C=O) groups is 2. The van der Waals surface area contributed by atoms with Gasteiger partial charge in [-0.05, 0) is 45.4 Å². The molecule has 0 aromatic heterocycles. The Morgan fingerprint density at radius 3 is 2.54 bits per heavy atom. The molecule has 1 aromatic carbocycles. The lowest BCUT2D eigenvalue weighted by Crippen LogP contribution is -2.46. The summed E-state index contributed by atoms with van der Waals surface area (Å²) >= 11 is 0. The number of nitrogens with one attached hydrogen (secondary N) is 2. The maximum absolute atomic E-state index is 12.8. The highest BCUT2D eigenvalue weighted by Gasteiger charge is 2.28. The molecular weight excluding hydrogens is 302 g/mol. The van der Waals surface area contributed by atoms with Gasteiger partial charge in [-0.15, -0.1) is 0 Å². The fourth-order valence-corrected chi connectivity index (χ4v) is 3.25. The molecule has 2 amide bonds. The van der Waals surface area contributed by atoms with E-state index >= 15 is 0 Å². The van der Waals surface area contributed by atoms with Crippen LogP contribution in [0.5, 0.6) is 0 Å². The summed E-state index contributed by atoms with van der Waals surface area (Å²) in [6, 6.07) is 5.92. The number of likely N-dealkylation sites (tertiary alicyclic amines) is 1. The van der Waals surface area contributed by atoms with E-state index in [-0.39, 0.29) is 17.7 Å². The first-order chi connectivity index (χ1) is 11.5. The van der Waals surface area contributed by atoms with Crippen LogP contribution in [0.15, 0.2) is 18.2 Å². The van der Waals surface area contributed by atoms with Gasteiger partial charge in [0.1, 0.15) is 0 Å². The lowest BCUT2D eigenvalue weighted by molar-refractivity contribution is -0.126. The third kappa shape index (κ3) is 5.06. The highest BCUT2D eigenvalue weighted by molar-refractivity contribution is 5.95. The summed E-state index contributed by atoms with van der Waals surface area (Å²) in [5.41, 5.74) is 2.90. The minimum absolute atomic E-state index is 0.0342. The predicted molar refractivity (Wildman–Crippen MR) is 96.1 cm³/mol. The van der Waals surface area contributed by atoms with E-state index in [1.54, 1.807) is 0 Å². The van der Waals surface area contributed by atoms with Crippen molar-refractivity contribution in [2.45, 2.75) is 33.6 Å². The minimum Gasteiger partial charge on any atom is -0.355 e. The van der Waals surface area contributed by atoms with E-state index in [9.17, 15) is 9.59 Å². The van der Waals surface area contributed by atoms with E-state index < -0.39 is 0 Å². The number of amides is 2. The Balaban J connectivity index is 1.94. The zero-order chi connectivity index (χ0) is 17.5. The number of benzene rings is 1. The van der Waals surface area contributed by atoms with Crippen molar-refractivity contribution >= 4 is 11.8 Å². The molecule has 0 saturated carbocycles. The lowest BCUT2D eigenvalue weighted by Gasteiger charge is -2.32. The number of hydrogen-bond donors (Lipinski definition) is 2. The molecule has 0 radical (unpaired) electrons. The molecule has 1 aromatic rings. The molecule has 2 N–H and O–H groups in total. The molecule has 5 heteroatoms. The first-order valence-electron chi connectivity index (χ1n) is 8.87. The molecule has 1 aliphatic heterocycles. The lowest BCUT2D eigenvalue weighted by atomic mass is 9.96. The number of rotatable bonds is 6. The SMILES string of the molecule is CCNCCNC(=O)C1CCCN(C(=O)c2cc(C)cc(C)c2)C1. The van der Waals surface area contributed by atoms with Crippen molar-refractivity contribution in [2.75, 3.05) is 32.7 Å². The van der Waals surface area contributed by atoms with Gasteiger partial charge in [0, 0.05) is 31.7 Å². The van der Waals surface area contributed by atoms with E-state index in [1.165, 1.54) is 0 Å². The maximum Gasteiger partial charge on any atom is 0.253 e. The molecule has 5 nitrogen and oxygen atoms in total. The summed E-state index contributed by atoms with van der Waals surface area (Å²) < 4.78 is 0. The second-order valence-corrected chi connectivity index (χ2v) is 6.61. The highest BCUT2D eigenvalue weighted by Crippen LogP contribution is 2.20. The summed E-state index contributed by atoms with van der Waals surface area (Å²) in [5.74, 6) is -0.00647. The number of nitrogens with zero attached hydrogens (tertiary/aromatic N) is 1. The van der Waals surface area contributed by atoms with Gasteiger partial charge in [-0.2, -0.15) is 0 Å². The average molecular weight is 331 g/mol. The van der Waals surface area contributed by atoms with Crippen LogP contribution in [0.25, 0.3) is 0 Å². The fourth-order valence-electron chi connectivity index (χ4n) is 3.25. The Labute approximate surface area is 144 Å². The number of carbonyl (C=O) groups excluding carboxylic acids is 2. The van der Waals surface area contributed by atoms with Crippen LogP contribution in [0.3, 0.4) is 0 Å². The Kier molecular flexibility index (Phi) is 6.79. The zero-order valence-corrected chi connectivity index (χ0v) is 15.0. The van der Waals surface area contributed by atoms with E-state index in [2.05, 4.69) is 16.7 Å². The van der Waals surface area contributed by atoms with Gasteiger partial charge in [0.05, 0.1) is 5.92 Å². The summed E-state index contributed by atoms with van der Waals surface area (Å²) in [7, 11) is 0. The van der Waals surface area contributed by atoms with Crippen molar-refractivity contribution in [1.82, 2.24) is 15.5 Å². The first kappa shape index (κ1) is 18.5. The maximum atomic E-state index is 12.8. The van der Waals surface area contributed by atoms with Crippen LogP contribution < -0.4 is 10.6 Å². The van der Waals surface area contributed by atoms with Gasteiger partial charge in [0.2, 0.25) is 5.91 Å². The standard InChI is InChI=1S/C19H29N3O2/c1-4-20-7-8-21-18(23)16-6-5-9-22(13-16)19(24)17-11-14(2)10-15(3)12-17/h10-12,16,20H,4-9,13H2,1-3H3,(H,21,23). The van der Waals surface area contributed by atoms with E-state index in [1.807, 2.05) is 37.8 Å². The summed E-state index contributed by atoms with van der Waals surface area (Å²) in [6.45, 7) is 9.60. The third-order valence-corrected chi connectivity index (χ3v) is 4.40. The quantitative estimate of drug-likeness (QED) is 0.783. The number of likely N-dealkylation sites (N-methyl/N-ethyl adjacent to an activating group) is 1. The zero-order valence-electron chi connectivity index (χ0n) is 15.0. The molecule has 0 bridgehead atoms. The van der Waals surface area contributed by atoms with Crippen LogP contribution in [-0.4, -0.2) is 49.4 Å². The fraction of sp³-hybridized carbons (Fsp3) is 0.579. The van der Waals surface area contributed by atoms with Gasteiger partial charge in [-0.25, -0.2) is 0 Å². The molecule has 2 rings (SSSR count). The second kappa shape index (κ2) is 8.83. The van der Waals surface area contributed by atoms with Crippen molar-refractivity contribution < 1.29 is 9.59 Å². The molecule has 1 heterocycles. The first-order valence-corrected chi connectivity index (χ1v) is 8.87. The average Bonchev–Trinajstić information content (AvgIpc) is 2.57. The van der Waals surface area contributed by atoms with Crippen molar-refractivity contribution in [3.63, 3.8) is 0 Å². The van der Waals surface area contributed by atoms with Crippen LogP contribution in [0.4, 0.5) is 0 Å². The molecule has 132 valence electrons. The second-order valence-electron chi connectivity index (χ2n) is 6.61. The van der Waals surface area contributed by atoms with Gasteiger partial charge in [-0.1, -0.05) is 24.1 Å². The van der Waals surface area contributed by atoms with Crippen molar-refractivity contribution in [2.24, 2.45) is 5.92 Å². The molecule has 1 saturated heterocycles. The number of aryl methyl sites for hydroxylation is 2. The topological polar surface area (TPSA) is 61.4 Å². The van der Waals surface area contributed by atoms with Gasteiger partial charge in [0.15, 0.2) is 0 Å². The van der Waals surface area contributed by atoms with Crippen LogP contribution in [-0.2, 0) is 4.79 Å².